The van der Waals surface area contributed by atoms with Crippen molar-refractivity contribution in [1.82, 2.24) is 4.31 Å². The van der Waals surface area contributed by atoms with Gasteiger partial charge in [0.2, 0.25) is 5.91 Å². The normalized spacial score (nSPS) is 18.5. The van der Waals surface area contributed by atoms with E-state index in [0.717, 1.165) is 28.1 Å². The summed E-state index contributed by atoms with van der Waals surface area (Å²) in [5.74, 6) is -0.678. The number of aryl methyl sites for hydroxylation is 1. The van der Waals surface area contributed by atoms with Crippen LogP contribution in [0.5, 0.6) is 0 Å². The Bertz CT molecular complexity index is 1410. The third-order valence-electron chi connectivity index (χ3n) is 6.71. The zero-order chi connectivity index (χ0) is 26.5. The first-order valence-electron chi connectivity index (χ1n) is 12.6. The Labute approximate surface area is 227 Å². The van der Waals surface area contributed by atoms with Crippen molar-refractivity contribution in [2.45, 2.75) is 17.9 Å². The second kappa shape index (κ2) is 11.5. The predicted octanol–water partition coefficient (Wildman–Crippen LogP) is 6.95. The molecular formula is C33H30N2O2S. The van der Waals surface area contributed by atoms with Crippen molar-refractivity contribution in [3.63, 3.8) is 0 Å². The topological polar surface area (TPSA) is 40.6 Å². The highest BCUT2D eigenvalue weighted by molar-refractivity contribution is 7.82. The fraction of sp³-hybridized carbons (Fsp3) is 0.121. The third-order valence-corrected chi connectivity index (χ3v) is 8.18. The van der Waals surface area contributed by atoms with Crippen molar-refractivity contribution in [3.8, 4) is 0 Å². The van der Waals surface area contributed by atoms with Crippen LogP contribution in [0.15, 0.2) is 138 Å². The lowest BCUT2D eigenvalue weighted by molar-refractivity contribution is -0.120. The van der Waals surface area contributed by atoms with Gasteiger partial charge >= 0.3 is 0 Å². The standard InChI is InChI=1S/C33H30N2O2S/c1-25-18-21-30(22-19-25)38(37)34-24-26(2)32(31(34)23-20-27-12-6-3-7-13-27)33(36)35(28-14-8-4-9-15-28)29-16-10-5-11-17-29/h3-23,31-32H,2,24H2,1H3/b23-20+/t31-,32+,38?/m0/s1. The molecular weight excluding hydrogens is 488 g/mol. The predicted molar refractivity (Wildman–Crippen MR) is 156 cm³/mol. The van der Waals surface area contributed by atoms with E-state index in [1.165, 1.54) is 0 Å². The Morgan fingerprint density at radius 2 is 1.37 bits per heavy atom. The van der Waals surface area contributed by atoms with Crippen LogP contribution in [0.25, 0.3) is 6.08 Å². The minimum Gasteiger partial charge on any atom is -0.280 e. The molecule has 0 N–H and O–H groups in total. The van der Waals surface area contributed by atoms with Gasteiger partial charge in [0.05, 0.1) is 16.9 Å². The van der Waals surface area contributed by atoms with Crippen LogP contribution in [-0.2, 0) is 15.8 Å². The zero-order valence-electron chi connectivity index (χ0n) is 21.3. The maximum atomic E-state index is 14.4. The monoisotopic (exact) mass is 518 g/mol. The van der Waals surface area contributed by atoms with E-state index in [9.17, 15) is 9.00 Å². The molecule has 4 nitrogen and oxygen atoms in total. The fourth-order valence-corrected chi connectivity index (χ4v) is 6.11. The molecule has 0 bridgehead atoms. The SMILES string of the molecule is C=C1CN(S(=O)c2ccc(C)cc2)[C@@H](/C=C/c2ccccc2)[C@@H]1C(=O)N(c1ccccc1)c1ccccc1. The number of carbonyl (C=O) groups is 1. The van der Waals surface area contributed by atoms with Gasteiger partial charge in [-0.05, 0) is 54.5 Å². The molecule has 4 aromatic carbocycles. The van der Waals surface area contributed by atoms with E-state index >= 15 is 0 Å². The van der Waals surface area contributed by atoms with Gasteiger partial charge in [0, 0.05) is 17.9 Å². The van der Waals surface area contributed by atoms with E-state index in [1.807, 2.05) is 139 Å². The molecule has 4 aromatic rings. The summed E-state index contributed by atoms with van der Waals surface area (Å²) in [5, 5.41) is 0. The number of hydrogen-bond acceptors (Lipinski definition) is 2. The molecule has 1 aliphatic rings. The summed E-state index contributed by atoms with van der Waals surface area (Å²) in [5.41, 5.74) is 4.42. The molecule has 1 fully saturated rings. The first kappa shape index (κ1) is 25.6. The van der Waals surface area contributed by atoms with Gasteiger partial charge in [0.25, 0.3) is 0 Å². The van der Waals surface area contributed by atoms with Gasteiger partial charge < -0.3 is 0 Å². The van der Waals surface area contributed by atoms with Crippen molar-refractivity contribution in [2.24, 2.45) is 5.92 Å². The van der Waals surface area contributed by atoms with E-state index in [1.54, 1.807) is 4.90 Å². The molecule has 0 saturated carbocycles. The quantitative estimate of drug-likeness (QED) is 0.248. The summed E-state index contributed by atoms with van der Waals surface area (Å²) >= 11 is 0. The van der Waals surface area contributed by atoms with E-state index < -0.39 is 22.9 Å². The van der Waals surface area contributed by atoms with Crippen LogP contribution >= 0.6 is 0 Å². The first-order chi connectivity index (χ1) is 18.5. The number of para-hydroxylation sites is 2. The van der Waals surface area contributed by atoms with Gasteiger partial charge in [0.1, 0.15) is 11.0 Å². The van der Waals surface area contributed by atoms with E-state index in [-0.39, 0.29) is 5.91 Å². The average molecular weight is 519 g/mol. The number of amides is 1. The maximum absolute atomic E-state index is 14.4. The Kier molecular flexibility index (Phi) is 7.78. The van der Waals surface area contributed by atoms with Gasteiger partial charge in [-0.2, -0.15) is 0 Å². The fourth-order valence-electron chi connectivity index (χ4n) is 4.77. The molecule has 3 atom stereocenters. The Morgan fingerprint density at radius 1 is 0.842 bits per heavy atom. The highest BCUT2D eigenvalue weighted by Gasteiger charge is 2.45. The summed E-state index contributed by atoms with van der Waals surface area (Å²) in [6, 6.07) is 36.5. The lowest BCUT2D eigenvalue weighted by atomic mass is 9.93. The summed E-state index contributed by atoms with van der Waals surface area (Å²) in [4.78, 5) is 16.9. The van der Waals surface area contributed by atoms with Crippen molar-refractivity contribution < 1.29 is 9.00 Å². The first-order valence-corrected chi connectivity index (χ1v) is 13.7. The molecule has 0 aliphatic carbocycles. The summed E-state index contributed by atoms with van der Waals surface area (Å²) in [6.07, 6.45) is 3.99. The largest absolute Gasteiger partial charge is 0.280 e. The molecule has 1 saturated heterocycles. The molecule has 0 spiro atoms. The minimum atomic E-state index is -1.46. The number of benzene rings is 4. The lowest BCUT2D eigenvalue weighted by Gasteiger charge is -2.29. The van der Waals surface area contributed by atoms with Crippen LogP contribution in [-0.4, -0.2) is 27.0 Å². The van der Waals surface area contributed by atoms with Crippen molar-refractivity contribution in [3.05, 3.63) is 145 Å². The number of hydrogen-bond donors (Lipinski definition) is 0. The van der Waals surface area contributed by atoms with Crippen LogP contribution in [0.4, 0.5) is 11.4 Å². The molecule has 190 valence electrons. The summed E-state index contributed by atoms with van der Waals surface area (Å²) in [6.45, 7) is 6.68. The maximum Gasteiger partial charge on any atom is 0.240 e. The highest BCUT2D eigenvalue weighted by Crippen LogP contribution is 2.37. The molecule has 1 amide bonds. The van der Waals surface area contributed by atoms with Crippen LogP contribution < -0.4 is 4.90 Å². The summed E-state index contributed by atoms with van der Waals surface area (Å²) in [7, 11) is -1.46. The van der Waals surface area contributed by atoms with E-state index in [4.69, 9.17) is 0 Å². The number of rotatable bonds is 7. The number of nitrogens with zero attached hydrogens (tertiary/aromatic N) is 2. The molecule has 0 aromatic heterocycles. The van der Waals surface area contributed by atoms with Gasteiger partial charge in [0.15, 0.2) is 0 Å². The van der Waals surface area contributed by atoms with Crippen molar-refractivity contribution >= 4 is 34.3 Å². The van der Waals surface area contributed by atoms with Gasteiger partial charge in [-0.15, -0.1) is 0 Å². The number of anilines is 2. The van der Waals surface area contributed by atoms with Crippen LogP contribution in [0.2, 0.25) is 0 Å². The van der Waals surface area contributed by atoms with Crippen molar-refractivity contribution in [1.29, 1.82) is 0 Å². The minimum absolute atomic E-state index is 0.0986. The van der Waals surface area contributed by atoms with Crippen LogP contribution in [0, 0.1) is 12.8 Å². The Morgan fingerprint density at radius 3 is 1.92 bits per heavy atom. The average Bonchev–Trinajstić information content (AvgIpc) is 3.29. The molecule has 1 unspecified atom stereocenters. The van der Waals surface area contributed by atoms with Crippen LogP contribution in [0.1, 0.15) is 11.1 Å². The molecule has 38 heavy (non-hydrogen) atoms. The third kappa shape index (κ3) is 5.44. The van der Waals surface area contributed by atoms with Crippen molar-refractivity contribution in [2.75, 3.05) is 11.4 Å². The van der Waals surface area contributed by atoms with Crippen LogP contribution in [0.3, 0.4) is 0 Å². The second-order valence-corrected chi connectivity index (χ2v) is 10.8. The molecule has 0 radical (unpaired) electrons. The Hall–Kier alpha value is -4.06. The number of carbonyl (C=O) groups excluding carboxylic acids is 1. The zero-order valence-corrected chi connectivity index (χ0v) is 22.1. The van der Waals surface area contributed by atoms with Gasteiger partial charge in [-0.3, -0.25) is 9.69 Å². The summed E-state index contributed by atoms with van der Waals surface area (Å²) < 4.78 is 15.7. The molecule has 1 aliphatic heterocycles. The Balaban J connectivity index is 1.56. The smallest absolute Gasteiger partial charge is 0.240 e. The lowest BCUT2D eigenvalue weighted by Crippen LogP contribution is -2.40. The van der Waals surface area contributed by atoms with Gasteiger partial charge in [-0.1, -0.05) is 103 Å². The molecule has 5 rings (SSSR count). The highest BCUT2D eigenvalue weighted by atomic mass is 32.2. The second-order valence-electron chi connectivity index (χ2n) is 9.38. The molecule has 1 heterocycles. The molecule has 5 heteroatoms. The van der Waals surface area contributed by atoms with E-state index in [2.05, 4.69) is 6.58 Å². The van der Waals surface area contributed by atoms with Gasteiger partial charge in [-0.25, -0.2) is 8.51 Å². The van der Waals surface area contributed by atoms with E-state index in [0.29, 0.717) is 11.4 Å².